The molecule has 0 saturated heterocycles. The number of ether oxygens (including phenoxy) is 6. The van der Waals surface area contributed by atoms with Crippen molar-refractivity contribution < 1.29 is 66.6 Å². The van der Waals surface area contributed by atoms with Crippen molar-refractivity contribution in [2.45, 2.75) is 51.6 Å². The average Bonchev–Trinajstić information content (AvgIpc) is 4.10. The van der Waals surface area contributed by atoms with Gasteiger partial charge in [-0.15, -0.1) is 5.10 Å². The molecule has 0 spiro atoms. The maximum Gasteiger partial charge on any atom is 0.251 e. The first-order chi connectivity index (χ1) is 38.4. The van der Waals surface area contributed by atoms with E-state index < -0.39 is 6.72 Å². The summed E-state index contributed by atoms with van der Waals surface area (Å²) in [5.74, 6) is -0.599. The van der Waals surface area contributed by atoms with Crippen LogP contribution in [0.25, 0.3) is 44.8 Å². The van der Waals surface area contributed by atoms with E-state index in [4.69, 9.17) is 42.3 Å². The van der Waals surface area contributed by atoms with Crippen LogP contribution in [0.3, 0.4) is 0 Å². The highest BCUT2D eigenvalue weighted by Gasteiger charge is 2.29. The Bertz CT molecular complexity index is 3080. The molecule has 4 N–H and O–H groups in total. The van der Waals surface area contributed by atoms with Gasteiger partial charge in [-0.2, -0.15) is 0 Å². The van der Waals surface area contributed by atoms with Gasteiger partial charge in [0.2, 0.25) is 17.6 Å². The Kier molecular flexibility index (Phi) is 23.7. The fraction of sp³-hybridized carbons (Fsp3) is 0.393. The predicted molar refractivity (Wildman–Crippen MR) is 297 cm³/mol. The summed E-state index contributed by atoms with van der Waals surface area (Å²) in [7, 11) is 0. The van der Waals surface area contributed by atoms with Crippen molar-refractivity contribution in [1.82, 2.24) is 25.6 Å². The molecule has 6 aromatic rings. The van der Waals surface area contributed by atoms with Gasteiger partial charge in [-0.1, -0.05) is 97.1 Å². The molecule has 0 saturated carbocycles. The lowest BCUT2D eigenvalue weighted by atomic mass is 9.95. The van der Waals surface area contributed by atoms with Crippen LogP contribution in [0.2, 0.25) is 0 Å². The largest absolute Gasteiger partial charge is 0.780 e. The summed E-state index contributed by atoms with van der Waals surface area (Å²) in [6, 6.07) is 26.3. The minimum absolute atomic E-state index is 0.00175. The van der Waals surface area contributed by atoms with Crippen molar-refractivity contribution in [3.05, 3.63) is 125 Å². The lowest BCUT2D eigenvalue weighted by molar-refractivity contribution is -0.201. The first-order valence-corrected chi connectivity index (χ1v) is 28.7. The average molecular weight is 1130 g/mol. The zero-order chi connectivity index (χ0) is 55.8. The number of hydrogen-bond donors (Lipinski definition) is 4. The van der Waals surface area contributed by atoms with Crippen LogP contribution >= 0.6 is 6.72 Å². The van der Waals surface area contributed by atoms with Gasteiger partial charge in [0.05, 0.1) is 103 Å². The number of para-hydroxylation sites is 1. The van der Waals surface area contributed by atoms with Crippen LogP contribution in [0, 0.1) is 0 Å². The fourth-order valence-corrected chi connectivity index (χ4v) is 9.06. The first-order valence-electron chi connectivity index (χ1n) is 26.1. The molecule has 1 atom stereocenters. The number of carbonyl (C=O) groups is 3. The van der Waals surface area contributed by atoms with Crippen molar-refractivity contribution in [1.29, 1.82) is 0 Å². The van der Waals surface area contributed by atoms with E-state index in [0.717, 1.165) is 41.6 Å². The monoisotopic (exact) mass is 1130 g/mol. The summed E-state index contributed by atoms with van der Waals surface area (Å²) < 4.78 is 46.2. The number of nitrogens with zero attached hydrogens (tertiary/aromatic N) is 4. The number of fused-ring (bicyclic) bond motifs is 6. The van der Waals surface area contributed by atoms with Crippen LogP contribution in [-0.4, -0.2) is 135 Å². The minimum Gasteiger partial charge on any atom is -0.780 e. The van der Waals surface area contributed by atoms with Gasteiger partial charge in [0, 0.05) is 54.3 Å². The lowest BCUT2D eigenvalue weighted by Gasteiger charge is -2.28. The summed E-state index contributed by atoms with van der Waals surface area (Å²) in [5.41, 5.74) is 5.30. The van der Waals surface area contributed by atoms with Crippen LogP contribution < -0.4 is 30.6 Å². The second-order valence-electron chi connectivity index (χ2n) is 18.0. The van der Waals surface area contributed by atoms with Gasteiger partial charge in [-0.3, -0.25) is 19.2 Å². The Morgan fingerprint density at radius 1 is 0.772 bits per heavy atom. The molecule has 0 radical (unpaired) electrons. The van der Waals surface area contributed by atoms with Crippen LogP contribution in [0.1, 0.15) is 54.4 Å². The minimum atomic E-state index is -3.88. The van der Waals surface area contributed by atoms with Gasteiger partial charge >= 0.3 is 0 Å². The van der Waals surface area contributed by atoms with Gasteiger partial charge in [0.15, 0.2) is 16.8 Å². The summed E-state index contributed by atoms with van der Waals surface area (Å²) in [5, 5.41) is 25.7. The second-order valence-corrected chi connectivity index (χ2v) is 20.6. The van der Waals surface area contributed by atoms with Crippen LogP contribution in [0.15, 0.2) is 113 Å². The van der Waals surface area contributed by atoms with Crippen LogP contribution in [-0.2, 0) is 62.7 Å². The number of hydrogen-bond acceptors (Lipinski definition) is 17. The molecule has 3 heterocycles. The standard InChI is InChI=1S/C56H67N6O15PS/c1-2-26-75-48-20-19-45-47(63)38-49(77-55(45)54(48)66)40-15-17-41(18-16-40)56(67)58-24-28-70-30-32-72-34-36-74-37-35-73-33-31-71-29-25-62-53-44-13-7-8-14-46(44)61(39-42-11-5-6-12-43(42)52(53)59-60-62)51(65)22-21-50(64)57-23-9-3-4-10-27-76-78(68,69)79/h2,5-8,11-20,38,66H,1,3-4,9-10,21-37,39H2,(H,57,64)(H,58,67)(H2,68,69,79)/p-1. The van der Waals surface area contributed by atoms with Gasteiger partial charge in [-0.05, 0) is 48.7 Å². The summed E-state index contributed by atoms with van der Waals surface area (Å²) >= 11 is 4.34. The summed E-state index contributed by atoms with van der Waals surface area (Å²) in [4.78, 5) is 74.1. The lowest BCUT2D eigenvalue weighted by Crippen LogP contribution is -2.33. The summed E-state index contributed by atoms with van der Waals surface area (Å²) in [6.45, 7) is 4.97. The predicted octanol–water partition coefficient (Wildman–Crippen LogP) is 6.07. The molecule has 3 amide bonds. The van der Waals surface area contributed by atoms with Gasteiger partial charge in [-0.25, -0.2) is 4.68 Å². The van der Waals surface area contributed by atoms with E-state index >= 15 is 0 Å². The molecular weight excluding hydrogens is 1060 g/mol. The number of nitrogens with one attached hydrogen (secondary N) is 2. The van der Waals surface area contributed by atoms with Crippen molar-refractivity contribution in [2.24, 2.45) is 0 Å². The SMILES string of the molecule is C=CCOc1ccc2c(=O)cc(-c3ccc(C(=O)NCCOCCOCCOCCOCCOCCn4nnc5c4-c4ccccc4N(C(=O)CCC(=O)NCCCCCCOP([O-])(O)=S)Cc4ccccc4-5)cc3)oc2c1O. The number of carbonyl (C=O) groups excluding carboxylic acids is 3. The van der Waals surface area contributed by atoms with E-state index in [1.807, 2.05) is 48.5 Å². The zero-order valence-electron chi connectivity index (χ0n) is 43.8. The van der Waals surface area contributed by atoms with E-state index in [0.29, 0.717) is 101 Å². The van der Waals surface area contributed by atoms with E-state index in [2.05, 4.69) is 39.3 Å². The fourth-order valence-electron chi connectivity index (χ4n) is 8.48. The Labute approximate surface area is 462 Å². The molecule has 23 heteroatoms. The highest BCUT2D eigenvalue weighted by atomic mass is 32.5. The quantitative estimate of drug-likeness (QED) is 0.0203. The molecule has 0 fully saturated rings. The molecular formula is C56H66N6O15PS-. The number of unbranched alkanes of at least 4 members (excludes halogenated alkanes) is 3. The number of anilines is 1. The van der Waals surface area contributed by atoms with Crippen LogP contribution in [0.4, 0.5) is 5.69 Å². The van der Waals surface area contributed by atoms with Crippen molar-refractivity contribution in [3.8, 4) is 45.3 Å². The van der Waals surface area contributed by atoms with Crippen molar-refractivity contribution in [3.63, 3.8) is 0 Å². The van der Waals surface area contributed by atoms with Gasteiger partial charge < -0.3 is 67.8 Å². The zero-order valence-corrected chi connectivity index (χ0v) is 45.6. The number of amides is 3. The Balaban J connectivity index is 0.734. The molecule has 4 aromatic carbocycles. The number of phenols is 1. The van der Waals surface area contributed by atoms with Crippen molar-refractivity contribution in [2.75, 3.05) is 97.3 Å². The number of aromatic nitrogens is 3. The van der Waals surface area contributed by atoms with Crippen LogP contribution in [0.5, 0.6) is 11.5 Å². The number of phenolic OH excluding ortho intramolecular Hbond substituents is 1. The molecule has 7 rings (SSSR count). The molecule has 1 aliphatic heterocycles. The topological polar surface area (TPSA) is 268 Å². The van der Waals surface area contributed by atoms with E-state index in [1.54, 1.807) is 33.8 Å². The molecule has 79 heavy (non-hydrogen) atoms. The number of aromatic hydroxyl groups is 1. The van der Waals surface area contributed by atoms with E-state index in [-0.39, 0.29) is 97.1 Å². The van der Waals surface area contributed by atoms with Gasteiger partial charge in [0.1, 0.15) is 24.8 Å². The number of benzene rings is 4. The highest BCUT2D eigenvalue weighted by Crippen LogP contribution is 2.41. The first kappa shape index (κ1) is 60.0. The Morgan fingerprint density at radius 2 is 1.43 bits per heavy atom. The molecule has 0 bridgehead atoms. The molecule has 0 aliphatic carbocycles. The smallest absolute Gasteiger partial charge is 0.251 e. The maximum absolute atomic E-state index is 14.0. The number of rotatable bonds is 34. The third kappa shape index (κ3) is 18.2. The molecule has 422 valence electrons. The van der Waals surface area contributed by atoms with Crippen molar-refractivity contribution >= 4 is 52.9 Å². The highest BCUT2D eigenvalue weighted by molar-refractivity contribution is 8.06. The third-order valence-electron chi connectivity index (χ3n) is 12.4. The Morgan fingerprint density at radius 3 is 2.14 bits per heavy atom. The van der Waals surface area contributed by atoms with Gasteiger partial charge in [0.25, 0.3) is 5.91 Å². The summed E-state index contributed by atoms with van der Waals surface area (Å²) in [6.07, 6.45) is 4.45. The normalized spacial score (nSPS) is 12.7. The molecule has 1 unspecified atom stereocenters. The van der Waals surface area contributed by atoms with E-state index in [9.17, 15) is 29.2 Å². The molecule has 1 aliphatic rings. The second kappa shape index (κ2) is 31.2. The Hall–Kier alpha value is -6.69. The molecule has 21 nitrogen and oxygen atoms in total. The molecule has 2 aromatic heterocycles. The maximum atomic E-state index is 14.0. The van der Waals surface area contributed by atoms with E-state index in [1.165, 1.54) is 24.3 Å². The third-order valence-corrected chi connectivity index (χ3v) is 13.2.